The molecule has 2 nitrogen and oxygen atoms in total. The van der Waals surface area contributed by atoms with Gasteiger partial charge in [0.1, 0.15) is 0 Å². The summed E-state index contributed by atoms with van der Waals surface area (Å²) < 4.78 is 5.05. The quantitative estimate of drug-likeness (QED) is 0.561. The Labute approximate surface area is 56.8 Å². The van der Waals surface area contributed by atoms with Crippen LogP contribution in [0.5, 0.6) is 0 Å². The predicted molar refractivity (Wildman–Crippen MR) is 37.0 cm³/mol. The summed E-state index contributed by atoms with van der Waals surface area (Å²) in [7, 11) is 0. The first-order valence-corrected chi connectivity index (χ1v) is 3.29. The highest BCUT2D eigenvalue weighted by Crippen LogP contribution is 1.98. The number of hydrogen-bond acceptors (Lipinski definition) is 2. The fourth-order valence-electron chi connectivity index (χ4n) is 0.430. The molecule has 0 heterocycles. The van der Waals surface area contributed by atoms with Crippen LogP contribution in [0.25, 0.3) is 0 Å². The van der Waals surface area contributed by atoms with Gasteiger partial charge < -0.3 is 9.84 Å². The summed E-state index contributed by atoms with van der Waals surface area (Å²) in [4.78, 5) is 0. The molecular weight excluding hydrogens is 116 g/mol. The molecule has 0 aromatic carbocycles. The van der Waals surface area contributed by atoms with E-state index >= 15 is 0 Å². The fraction of sp³-hybridized carbons (Fsp3) is 0.857. The summed E-state index contributed by atoms with van der Waals surface area (Å²) in [6.07, 6.45) is 2.08. The van der Waals surface area contributed by atoms with Crippen molar-refractivity contribution in [2.24, 2.45) is 5.92 Å². The van der Waals surface area contributed by atoms with Gasteiger partial charge in [0.25, 0.3) is 0 Å². The maximum atomic E-state index is 8.32. The molecule has 1 atom stereocenters. The molecule has 0 aromatic rings. The van der Waals surface area contributed by atoms with Gasteiger partial charge in [0, 0.05) is 6.61 Å². The summed E-state index contributed by atoms with van der Waals surface area (Å²) in [6, 6.07) is 0. The zero-order chi connectivity index (χ0) is 7.11. The molecule has 9 heavy (non-hydrogen) atoms. The van der Waals surface area contributed by atoms with Crippen LogP contribution in [0.15, 0.2) is 0 Å². The van der Waals surface area contributed by atoms with Crippen LogP contribution in [0.1, 0.15) is 13.8 Å². The molecule has 0 aliphatic rings. The molecule has 1 N–H and O–H groups in total. The third-order valence-corrected chi connectivity index (χ3v) is 1.19. The molecule has 0 spiro atoms. The molecule has 1 unspecified atom stereocenters. The van der Waals surface area contributed by atoms with Gasteiger partial charge in [-0.1, -0.05) is 13.8 Å². The smallest absolute Gasteiger partial charge is 0.0697 e. The molecule has 0 aliphatic carbocycles. The molecule has 55 valence electrons. The highest BCUT2D eigenvalue weighted by Gasteiger charge is 1.96. The third kappa shape index (κ3) is 5.80. The molecule has 0 saturated heterocycles. The van der Waals surface area contributed by atoms with Gasteiger partial charge in [-0.25, -0.2) is 0 Å². The van der Waals surface area contributed by atoms with E-state index in [1.54, 1.807) is 0 Å². The van der Waals surface area contributed by atoms with Crippen molar-refractivity contribution < 1.29 is 9.84 Å². The van der Waals surface area contributed by atoms with E-state index in [1.165, 1.54) is 0 Å². The Morgan fingerprint density at radius 2 is 2.33 bits per heavy atom. The summed E-state index contributed by atoms with van der Waals surface area (Å²) >= 11 is 0. The van der Waals surface area contributed by atoms with Crippen molar-refractivity contribution >= 4 is 0 Å². The lowest BCUT2D eigenvalue weighted by atomic mass is 10.1. The lowest BCUT2D eigenvalue weighted by Gasteiger charge is -2.06. The monoisotopic (exact) mass is 131 g/mol. The van der Waals surface area contributed by atoms with Crippen molar-refractivity contribution in [3.05, 3.63) is 6.42 Å². The van der Waals surface area contributed by atoms with E-state index in [4.69, 9.17) is 9.84 Å². The number of ether oxygens (including phenoxy) is 1. The Kier molecular flexibility index (Phi) is 5.99. The summed E-state index contributed by atoms with van der Waals surface area (Å²) in [5.41, 5.74) is 0. The Morgan fingerprint density at radius 3 is 2.78 bits per heavy atom. The van der Waals surface area contributed by atoms with Crippen LogP contribution >= 0.6 is 0 Å². The van der Waals surface area contributed by atoms with E-state index in [1.807, 2.05) is 6.92 Å². The SMILES string of the molecule is C[CH]C(C)COCCO. The number of rotatable bonds is 5. The maximum absolute atomic E-state index is 8.32. The van der Waals surface area contributed by atoms with E-state index in [0.717, 1.165) is 6.61 Å². The topological polar surface area (TPSA) is 29.5 Å². The van der Waals surface area contributed by atoms with Crippen molar-refractivity contribution in [1.82, 2.24) is 0 Å². The van der Waals surface area contributed by atoms with Crippen molar-refractivity contribution in [2.45, 2.75) is 13.8 Å². The molecule has 0 fully saturated rings. The Balaban J connectivity index is 2.88. The van der Waals surface area contributed by atoms with Crippen LogP contribution in [0.3, 0.4) is 0 Å². The van der Waals surface area contributed by atoms with E-state index < -0.39 is 0 Å². The molecule has 0 bridgehead atoms. The van der Waals surface area contributed by atoms with Gasteiger partial charge >= 0.3 is 0 Å². The Hall–Kier alpha value is -0.0800. The van der Waals surface area contributed by atoms with Crippen molar-refractivity contribution in [3.63, 3.8) is 0 Å². The normalized spacial score (nSPS) is 13.7. The van der Waals surface area contributed by atoms with Gasteiger partial charge in [-0.05, 0) is 12.3 Å². The number of hydrogen-bond donors (Lipinski definition) is 1. The van der Waals surface area contributed by atoms with E-state index in [0.29, 0.717) is 12.5 Å². The van der Waals surface area contributed by atoms with Crippen LogP contribution in [0, 0.1) is 12.3 Å². The van der Waals surface area contributed by atoms with E-state index in [9.17, 15) is 0 Å². The van der Waals surface area contributed by atoms with Crippen LogP contribution < -0.4 is 0 Å². The molecule has 1 radical (unpaired) electrons. The van der Waals surface area contributed by atoms with Gasteiger partial charge in [-0.15, -0.1) is 0 Å². The van der Waals surface area contributed by atoms with Gasteiger partial charge in [0.15, 0.2) is 0 Å². The van der Waals surface area contributed by atoms with Crippen molar-refractivity contribution in [3.8, 4) is 0 Å². The van der Waals surface area contributed by atoms with Gasteiger partial charge in [0.2, 0.25) is 0 Å². The zero-order valence-electron chi connectivity index (χ0n) is 6.13. The average Bonchev–Trinajstić information content (AvgIpc) is 1.89. The lowest BCUT2D eigenvalue weighted by Crippen LogP contribution is -2.07. The lowest BCUT2D eigenvalue weighted by molar-refractivity contribution is 0.0776. The molecule has 0 aromatic heterocycles. The molecule has 0 rings (SSSR count). The second-order valence-electron chi connectivity index (χ2n) is 2.11. The van der Waals surface area contributed by atoms with Crippen LogP contribution in [0.4, 0.5) is 0 Å². The summed E-state index contributed by atoms with van der Waals surface area (Å²) in [6.45, 7) is 5.38. The zero-order valence-corrected chi connectivity index (χ0v) is 6.13. The van der Waals surface area contributed by atoms with Crippen molar-refractivity contribution in [2.75, 3.05) is 19.8 Å². The van der Waals surface area contributed by atoms with E-state index in [-0.39, 0.29) is 6.61 Å². The fourth-order valence-corrected chi connectivity index (χ4v) is 0.430. The number of aliphatic hydroxyl groups excluding tert-OH is 1. The largest absolute Gasteiger partial charge is 0.394 e. The first-order valence-electron chi connectivity index (χ1n) is 3.29. The minimum atomic E-state index is 0.121. The Morgan fingerprint density at radius 1 is 1.67 bits per heavy atom. The third-order valence-electron chi connectivity index (χ3n) is 1.19. The Bertz CT molecular complexity index is 54.9. The van der Waals surface area contributed by atoms with Crippen molar-refractivity contribution in [1.29, 1.82) is 0 Å². The first-order chi connectivity index (χ1) is 4.31. The number of aliphatic hydroxyl groups is 1. The second-order valence-corrected chi connectivity index (χ2v) is 2.11. The van der Waals surface area contributed by atoms with Gasteiger partial charge in [0.05, 0.1) is 13.2 Å². The highest BCUT2D eigenvalue weighted by molar-refractivity contribution is 4.64. The minimum absolute atomic E-state index is 0.121. The summed E-state index contributed by atoms with van der Waals surface area (Å²) in [5, 5.41) is 8.32. The highest BCUT2D eigenvalue weighted by atomic mass is 16.5. The molecule has 0 aliphatic heterocycles. The van der Waals surface area contributed by atoms with Gasteiger partial charge in [-0.2, -0.15) is 0 Å². The molecule has 0 amide bonds. The standard InChI is InChI=1S/C7H15O2/c1-3-7(2)6-9-5-4-8/h3,7-8H,4-6H2,1-2H3. The molecular formula is C7H15O2. The van der Waals surface area contributed by atoms with Crippen LogP contribution in [-0.4, -0.2) is 24.9 Å². The molecule has 0 saturated carbocycles. The molecule has 2 heteroatoms. The summed E-state index contributed by atoms with van der Waals surface area (Å²) in [5.74, 6) is 0.497. The predicted octanol–water partition coefficient (Wildman–Crippen LogP) is 0.856. The maximum Gasteiger partial charge on any atom is 0.0697 e. The van der Waals surface area contributed by atoms with E-state index in [2.05, 4.69) is 13.3 Å². The second kappa shape index (κ2) is 6.05. The van der Waals surface area contributed by atoms with Crippen LogP contribution in [0.2, 0.25) is 0 Å². The minimum Gasteiger partial charge on any atom is -0.394 e. The first kappa shape index (κ1) is 8.92. The van der Waals surface area contributed by atoms with Gasteiger partial charge in [-0.3, -0.25) is 0 Å². The average molecular weight is 131 g/mol. The van der Waals surface area contributed by atoms with Crippen LogP contribution in [-0.2, 0) is 4.74 Å².